The molecular formula is C20H19N5O6. The average molecular weight is 425 g/mol. The Morgan fingerprint density at radius 3 is 2.84 bits per heavy atom. The molecule has 2 aromatic rings. The number of amides is 3. The van der Waals surface area contributed by atoms with Gasteiger partial charge in [-0.15, -0.1) is 0 Å². The van der Waals surface area contributed by atoms with Crippen molar-refractivity contribution in [3.8, 4) is 5.75 Å². The number of fused-ring (bicyclic) bond motifs is 3. The molecule has 11 nitrogen and oxygen atoms in total. The fourth-order valence-corrected chi connectivity index (χ4v) is 5.09. The molecule has 2 aromatic carbocycles. The molecule has 160 valence electrons. The maximum atomic E-state index is 13.5. The quantitative estimate of drug-likeness (QED) is 0.414. The number of guanidine groups is 1. The molecular weight excluding hydrogens is 406 g/mol. The topological polar surface area (TPSA) is 159 Å². The first-order valence-corrected chi connectivity index (χ1v) is 9.85. The Morgan fingerprint density at radius 2 is 2.06 bits per heavy atom. The molecule has 0 radical (unpaired) electrons. The van der Waals surface area contributed by atoms with Gasteiger partial charge in [-0.2, -0.15) is 4.99 Å². The summed E-state index contributed by atoms with van der Waals surface area (Å²) in [6, 6.07) is 10.3. The second-order valence-electron chi connectivity index (χ2n) is 7.99. The van der Waals surface area contributed by atoms with E-state index < -0.39 is 48.4 Å². The molecule has 3 amide bonds. The number of benzene rings is 2. The number of rotatable bonds is 2. The van der Waals surface area contributed by atoms with Gasteiger partial charge in [-0.1, -0.05) is 30.3 Å². The maximum Gasteiger partial charge on any atom is 0.328 e. The highest BCUT2D eigenvalue weighted by Gasteiger charge is 2.78. The Balaban J connectivity index is 1.61. The van der Waals surface area contributed by atoms with E-state index in [0.717, 1.165) is 15.7 Å². The molecule has 4 heterocycles. The van der Waals surface area contributed by atoms with Crippen LogP contribution in [-0.2, 0) is 15.1 Å². The van der Waals surface area contributed by atoms with Gasteiger partial charge >= 0.3 is 11.9 Å². The van der Waals surface area contributed by atoms with Crippen molar-refractivity contribution >= 4 is 28.7 Å². The van der Waals surface area contributed by atoms with Gasteiger partial charge in [0.05, 0.1) is 12.7 Å². The van der Waals surface area contributed by atoms with Crippen molar-refractivity contribution in [2.75, 3.05) is 6.61 Å². The molecule has 5 atom stereocenters. The van der Waals surface area contributed by atoms with Gasteiger partial charge in [-0.25, -0.2) is 9.69 Å². The first-order chi connectivity index (χ1) is 14.9. The zero-order valence-corrected chi connectivity index (χ0v) is 16.1. The molecule has 4 aliphatic rings. The molecule has 2 saturated heterocycles. The third kappa shape index (κ3) is 2.05. The number of nitrogens with two attached hydrogens (primary N) is 1. The monoisotopic (exact) mass is 425 g/mol. The summed E-state index contributed by atoms with van der Waals surface area (Å²) < 4.78 is 12.0. The summed E-state index contributed by atoms with van der Waals surface area (Å²) in [7, 11) is 0. The summed E-state index contributed by atoms with van der Waals surface area (Å²) >= 11 is 0. The van der Waals surface area contributed by atoms with E-state index in [1.54, 1.807) is 6.07 Å². The van der Waals surface area contributed by atoms with Crippen LogP contribution in [0, 0.1) is 0 Å². The van der Waals surface area contributed by atoms with Gasteiger partial charge in [0.2, 0.25) is 11.5 Å². The van der Waals surface area contributed by atoms with Crippen molar-refractivity contribution in [3.05, 3.63) is 42.0 Å². The van der Waals surface area contributed by atoms with Crippen LogP contribution in [0.2, 0.25) is 0 Å². The van der Waals surface area contributed by atoms with E-state index in [0.29, 0.717) is 11.3 Å². The van der Waals surface area contributed by atoms with E-state index in [9.17, 15) is 19.8 Å². The second kappa shape index (κ2) is 5.84. The molecule has 0 aliphatic carbocycles. The van der Waals surface area contributed by atoms with Crippen LogP contribution in [0.3, 0.4) is 0 Å². The van der Waals surface area contributed by atoms with E-state index in [-0.39, 0.29) is 12.4 Å². The van der Waals surface area contributed by atoms with Gasteiger partial charge in [-0.3, -0.25) is 10.1 Å². The van der Waals surface area contributed by atoms with Crippen LogP contribution in [0.25, 0.3) is 10.8 Å². The van der Waals surface area contributed by atoms with E-state index in [2.05, 4.69) is 15.6 Å². The molecule has 6 N–H and O–H groups in total. The summed E-state index contributed by atoms with van der Waals surface area (Å²) in [5.41, 5.74) is 4.64. The molecule has 0 saturated carbocycles. The number of hydrogen-bond acceptors (Lipinski definition) is 8. The lowest BCUT2D eigenvalue weighted by Crippen LogP contribution is -2.70. The van der Waals surface area contributed by atoms with Gasteiger partial charge in [-0.05, 0) is 16.8 Å². The standard InChI is InChI=1S/C20H19N5O6/c21-17-22-16(28)19-15-10-4-2-1-3-9(10)5-6-12(15)31-20(19,23-17)25(18(29)24-19)14-7-11(27)13(8-26)30-14/h1-6,11,13-14,26-27H,7-8H2,(H,24,29)(H3,21,22,23,28)/t11-,13+,14+,19+,20+/m0/s1. The smallest absolute Gasteiger partial charge is 0.328 e. The van der Waals surface area contributed by atoms with E-state index >= 15 is 0 Å². The predicted octanol–water partition coefficient (Wildman–Crippen LogP) is -0.981. The fourth-order valence-electron chi connectivity index (χ4n) is 5.09. The SMILES string of the molecule is NC1=N[C@]23Oc4ccc5ccccc5c4[C@@]2(NC(=O)N3[C@H]2C[C@H](O)[C@@H](CO)O2)C(=O)N1. The summed E-state index contributed by atoms with van der Waals surface area (Å²) in [6.07, 6.45) is -2.88. The van der Waals surface area contributed by atoms with Gasteiger partial charge < -0.3 is 30.7 Å². The van der Waals surface area contributed by atoms with Gasteiger partial charge in [0.15, 0.2) is 0 Å². The number of aliphatic imine (C=N–C) groups is 1. The van der Waals surface area contributed by atoms with Crippen LogP contribution in [-0.4, -0.2) is 63.9 Å². The normalized spacial score (nSPS) is 35.7. The molecule has 0 unspecified atom stereocenters. The van der Waals surface area contributed by atoms with Gasteiger partial charge in [0.1, 0.15) is 18.1 Å². The Bertz CT molecular complexity index is 1190. The van der Waals surface area contributed by atoms with E-state index in [4.69, 9.17) is 15.2 Å². The fraction of sp³-hybridized carbons (Fsp3) is 0.350. The Morgan fingerprint density at radius 1 is 1.26 bits per heavy atom. The average Bonchev–Trinajstić information content (AvgIpc) is 3.32. The predicted molar refractivity (Wildman–Crippen MR) is 105 cm³/mol. The Labute approximate surface area is 175 Å². The Hall–Kier alpha value is -3.41. The van der Waals surface area contributed by atoms with Crippen molar-refractivity contribution in [1.29, 1.82) is 0 Å². The number of ether oxygens (including phenoxy) is 2. The minimum Gasteiger partial charge on any atom is -0.445 e. The highest BCUT2D eigenvalue weighted by Crippen LogP contribution is 2.57. The Kier molecular flexibility index (Phi) is 3.46. The number of nitrogens with zero attached hydrogens (tertiary/aromatic N) is 2. The third-order valence-electron chi connectivity index (χ3n) is 6.37. The number of hydrogen-bond donors (Lipinski definition) is 5. The van der Waals surface area contributed by atoms with Gasteiger partial charge in [0.25, 0.3) is 5.91 Å². The van der Waals surface area contributed by atoms with Crippen LogP contribution in [0.15, 0.2) is 41.4 Å². The number of carbonyl (C=O) groups is 2. The number of urea groups is 1. The molecule has 0 spiro atoms. The summed E-state index contributed by atoms with van der Waals surface area (Å²) in [5.74, 6) is -2.33. The molecule has 31 heavy (non-hydrogen) atoms. The number of aliphatic hydroxyl groups excluding tert-OH is 2. The number of nitrogens with one attached hydrogen (secondary N) is 2. The lowest BCUT2D eigenvalue weighted by molar-refractivity contribution is -0.163. The molecule has 4 aliphatic heterocycles. The molecule has 0 bridgehead atoms. The first kappa shape index (κ1) is 18.4. The lowest BCUT2D eigenvalue weighted by Gasteiger charge is -2.41. The molecule has 6 rings (SSSR count). The molecule has 2 fully saturated rings. The highest BCUT2D eigenvalue weighted by atomic mass is 16.6. The van der Waals surface area contributed by atoms with Crippen molar-refractivity contribution < 1.29 is 29.3 Å². The minimum absolute atomic E-state index is 0.00791. The van der Waals surface area contributed by atoms with Crippen molar-refractivity contribution in [1.82, 2.24) is 15.5 Å². The van der Waals surface area contributed by atoms with Crippen LogP contribution < -0.4 is 21.1 Å². The maximum absolute atomic E-state index is 13.5. The largest absolute Gasteiger partial charge is 0.445 e. The zero-order valence-electron chi connectivity index (χ0n) is 16.1. The van der Waals surface area contributed by atoms with E-state index in [1.165, 1.54) is 0 Å². The second-order valence-corrected chi connectivity index (χ2v) is 7.99. The first-order valence-electron chi connectivity index (χ1n) is 9.85. The molecule has 11 heteroatoms. The number of carbonyl (C=O) groups excluding carboxylic acids is 2. The molecule has 0 aromatic heterocycles. The van der Waals surface area contributed by atoms with Crippen LogP contribution in [0.5, 0.6) is 5.75 Å². The van der Waals surface area contributed by atoms with Crippen LogP contribution in [0.1, 0.15) is 12.0 Å². The van der Waals surface area contributed by atoms with Gasteiger partial charge in [0, 0.05) is 12.0 Å². The van der Waals surface area contributed by atoms with Crippen molar-refractivity contribution in [2.45, 2.75) is 36.2 Å². The summed E-state index contributed by atoms with van der Waals surface area (Å²) in [6.45, 7) is -0.428. The third-order valence-corrected chi connectivity index (χ3v) is 6.37. The minimum atomic E-state index is -1.89. The zero-order chi connectivity index (χ0) is 21.5. The van der Waals surface area contributed by atoms with E-state index in [1.807, 2.05) is 30.3 Å². The number of aliphatic hydroxyl groups is 2. The van der Waals surface area contributed by atoms with Crippen LogP contribution >= 0.6 is 0 Å². The van der Waals surface area contributed by atoms with Crippen molar-refractivity contribution in [2.24, 2.45) is 10.7 Å². The summed E-state index contributed by atoms with van der Waals surface area (Å²) in [4.78, 5) is 32.3. The summed E-state index contributed by atoms with van der Waals surface area (Å²) in [5, 5.41) is 26.6. The van der Waals surface area contributed by atoms with Crippen molar-refractivity contribution in [3.63, 3.8) is 0 Å². The van der Waals surface area contributed by atoms with Crippen LogP contribution in [0.4, 0.5) is 4.79 Å². The lowest BCUT2D eigenvalue weighted by atomic mass is 9.82. The highest BCUT2D eigenvalue weighted by molar-refractivity contribution is 6.11.